The second-order valence-electron chi connectivity index (χ2n) is 4.90. The molecule has 0 saturated carbocycles. The fourth-order valence-electron chi connectivity index (χ4n) is 1.98. The van der Waals surface area contributed by atoms with Crippen LogP contribution in [0.15, 0.2) is 42.5 Å². The molecule has 0 aromatic heterocycles. The molecule has 0 spiro atoms. The highest BCUT2D eigenvalue weighted by Crippen LogP contribution is 2.18. The van der Waals surface area contributed by atoms with Crippen molar-refractivity contribution in [2.45, 2.75) is 6.92 Å². The van der Waals surface area contributed by atoms with Crippen LogP contribution < -0.4 is 10.6 Å². The highest BCUT2D eigenvalue weighted by atomic mass is 19.1. The maximum atomic E-state index is 13.5. The second kappa shape index (κ2) is 7.40. The standard InChI is InChI=1S/C17H17FN2O3/c1-11-7-8-12(17(22)23-2)9-15(11)20-16(21)10-19-14-6-4-3-5-13(14)18/h3-9,19H,10H2,1-2H3,(H,20,21). The fraction of sp³-hybridized carbons (Fsp3) is 0.176. The minimum absolute atomic E-state index is 0.0944. The first-order valence-corrected chi connectivity index (χ1v) is 6.98. The number of halogens is 1. The highest BCUT2D eigenvalue weighted by Gasteiger charge is 2.10. The summed E-state index contributed by atoms with van der Waals surface area (Å²) in [5, 5.41) is 5.41. The van der Waals surface area contributed by atoms with E-state index in [2.05, 4.69) is 15.4 Å². The lowest BCUT2D eigenvalue weighted by molar-refractivity contribution is -0.114. The van der Waals surface area contributed by atoms with Crippen molar-refractivity contribution in [3.05, 3.63) is 59.4 Å². The van der Waals surface area contributed by atoms with E-state index in [1.807, 2.05) is 0 Å². The molecule has 120 valence electrons. The smallest absolute Gasteiger partial charge is 0.337 e. The van der Waals surface area contributed by atoms with Crippen molar-refractivity contribution in [1.82, 2.24) is 0 Å². The van der Waals surface area contributed by atoms with Crippen LogP contribution in [0.25, 0.3) is 0 Å². The quantitative estimate of drug-likeness (QED) is 0.832. The number of carbonyl (C=O) groups excluding carboxylic acids is 2. The molecule has 0 aliphatic carbocycles. The Morgan fingerprint density at radius 2 is 1.87 bits per heavy atom. The molecule has 5 nitrogen and oxygen atoms in total. The zero-order chi connectivity index (χ0) is 16.8. The van der Waals surface area contributed by atoms with E-state index in [9.17, 15) is 14.0 Å². The second-order valence-corrected chi connectivity index (χ2v) is 4.90. The number of rotatable bonds is 5. The van der Waals surface area contributed by atoms with Crippen LogP contribution in [0.2, 0.25) is 0 Å². The Morgan fingerprint density at radius 3 is 2.57 bits per heavy atom. The van der Waals surface area contributed by atoms with Crippen LogP contribution >= 0.6 is 0 Å². The van der Waals surface area contributed by atoms with Gasteiger partial charge in [0.1, 0.15) is 5.82 Å². The van der Waals surface area contributed by atoms with Crippen LogP contribution in [-0.2, 0) is 9.53 Å². The summed E-state index contributed by atoms with van der Waals surface area (Å²) < 4.78 is 18.1. The number of para-hydroxylation sites is 1. The van der Waals surface area contributed by atoms with E-state index in [1.54, 1.807) is 43.3 Å². The number of hydrogen-bond acceptors (Lipinski definition) is 4. The van der Waals surface area contributed by atoms with Gasteiger partial charge < -0.3 is 15.4 Å². The van der Waals surface area contributed by atoms with Crippen LogP contribution in [0.3, 0.4) is 0 Å². The number of benzene rings is 2. The van der Waals surface area contributed by atoms with Gasteiger partial charge in [0, 0.05) is 5.69 Å². The minimum atomic E-state index is -0.481. The van der Waals surface area contributed by atoms with Gasteiger partial charge in [-0.05, 0) is 36.8 Å². The van der Waals surface area contributed by atoms with E-state index < -0.39 is 11.8 Å². The third-order valence-corrected chi connectivity index (χ3v) is 3.25. The summed E-state index contributed by atoms with van der Waals surface area (Å²) in [4.78, 5) is 23.5. The lowest BCUT2D eigenvalue weighted by Gasteiger charge is -2.11. The van der Waals surface area contributed by atoms with Gasteiger partial charge in [-0.25, -0.2) is 9.18 Å². The summed E-state index contributed by atoms with van der Waals surface area (Å²) in [6, 6.07) is 11.0. The topological polar surface area (TPSA) is 67.4 Å². The van der Waals surface area contributed by atoms with Crippen molar-refractivity contribution in [3.63, 3.8) is 0 Å². The van der Waals surface area contributed by atoms with Gasteiger partial charge in [0.25, 0.3) is 0 Å². The largest absolute Gasteiger partial charge is 0.465 e. The number of methoxy groups -OCH3 is 1. The van der Waals surface area contributed by atoms with Crippen molar-refractivity contribution >= 4 is 23.3 Å². The maximum Gasteiger partial charge on any atom is 0.337 e. The zero-order valence-corrected chi connectivity index (χ0v) is 12.9. The van der Waals surface area contributed by atoms with Gasteiger partial charge in [-0.1, -0.05) is 18.2 Å². The van der Waals surface area contributed by atoms with E-state index in [1.165, 1.54) is 13.2 Å². The number of carbonyl (C=O) groups is 2. The first-order chi connectivity index (χ1) is 11.0. The number of nitrogens with one attached hydrogen (secondary N) is 2. The van der Waals surface area contributed by atoms with Crippen LogP contribution in [0.5, 0.6) is 0 Å². The van der Waals surface area contributed by atoms with Gasteiger partial charge in [0.2, 0.25) is 5.91 Å². The maximum absolute atomic E-state index is 13.5. The van der Waals surface area contributed by atoms with Gasteiger partial charge in [-0.15, -0.1) is 0 Å². The summed E-state index contributed by atoms with van der Waals surface area (Å²) in [5.74, 6) is -1.26. The number of hydrogen-bond donors (Lipinski definition) is 2. The molecule has 2 N–H and O–H groups in total. The van der Waals surface area contributed by atoms with E-state index in [0.29, 0.717) is 11.3 Å². The zero-order valence-electron chi connectivity index (χ0n) is 12.9. The summed E-state index contributed by atoms with van der Waals surface area (Å²) in [6.07, 6.45) is 0. The van der Waals surface area contributed by atoms with Gasteiger partial charge in [-0.3, -0.25) is 4.79 Å². The van der Waals surface area contributed by atoms with Crippen molar-refractivity contribution < 1.29 is 18.7 Å². The minimum Gasteiger partial charge on any atom is -0.465 e. The molecule has 0 unspecified atom stereocenters. The van der Waals surface area contributed by atoms with Gasteiger partial charge >= 0.3 is 5.97 Å². The normalized spacial score (nSPS) is 10.0. The Bertz CT molecular complexity index is 732. The predicted octanol–water partition coefficient (Wildman–Crippen LogP) is 2.97. The molecule has 0 aliphatic heterocycles. The lowest BCUT2D eigenvalue weighted by Crippen LogP contribution is -2.22. The molecule has 1 amide bonds. The number of anilines is 2. The summed E-state index contributed by atoms with van der Waals surface area (Å²) in [5.41, 5.74) is 1.91. The van der Waals surface area contributed by atoms with E-state index >= 15 is 0 Å². The molecule has 2 aromatic rings. The van der Waals surface area contributed by atoms with Gasteiger partial charge in [-0.2, -0.15) is 0 Å². The average Bonchev–Trinajstić information content (AvgIpc) is 2.55. The first kappa shape index (κ1) is 16.5. The van der Waals surface area contributed by atoms with Crippen LogP contribution in [0.4, 0.5) is 15.8 Å². The van der Waals surface area contributed by atoms with Crippen molar-refractivity contribution in [3.8, 4) is 0 Å². The molecule has 0 bridgehead atoms. The first-order valence-electron chi connectivity index (χ1n) is 6.98. The number of ether oxygens (including phenoxy) is 1. The lowest BCUT2D eigenvalue weighted by atomic mass is 10.1. The third kappa shape index (κ3) is 4.29. The number of amides is 1. The molecular formula is C17H17FN2O3. The number of aryl methyl sites for hydroxylation is 1. The molecule has 0 aliphatic rings. The molecule has 6 heteroatoms. The summed E-state index contributed by atoms with van der Waals surface area (Å²) in [7, 11) is 1.29. The van der Waals surface area contributed by atoms with Crippen molar-refractivity contribution in [2.24, 2.45) is 0 Å². The fourth-order valence-corrected chi connectivity index (χ4v) is 1.98. The molecule has 23 heavy (non-hydrogen) atoms. The van der Waals surface area contributed by atoms with Crippen molar-refractivity contribution in [1.29, 1.82) is 0 Å². The Morgan fingerprint density at radius 1 is 1.13 bits per heavy atom. The Balaban J connectivity index is 2.02. The van der Waals surface area contributed by atoms with Gasteiger partial charge in [0.05, 0.1) is 24.9 Å². The molecule has 0 fully saturated rings. The Kier molecular flexibility index (Phi) is 5.30. The Hall–Kier alpha value is -2.89. The molecule has 0 saturated heterocycles. The summed E-state index contributed by atoms with van der Waals surface area (Å²) in [6.45, 7) is 1.71. The molecule has 2 rings (SSSR count). The predicted molar refractivity (Wildman–Crippen MR) is 86.0 cm³/mol. The Labute approximate surface area is 133 Å². The molecular weight excluding hydrogens is 299 g/mol. The van der Waals surface area contributed by atoms with E-state index in [4.69, 9.17) is 0 Å². The van der Waals surface area contributed by atoms with Gasteiger partial charge in [0.15, 0.2) is 0 Å². The SMILES string of the molecule is COC(=O)c1ccc(C)c(NC(=O)CNc2ccccc2F)c1. The molecule has 0 heterocycles. The molecule has 0 atom stereocenters. The monoisotopic (exact) mass is 316 g/mol. The molecule has 2 aromatic carbocycles. The highest BCUT2D eigenvalue weighted by molar-refractivity contribution is 5.97. The van der Waals surface area contributed by atoms with Crippen LogP contribution in [0, 0.1) is 12.7 Å². The van der Waals surface area contributed by atoms with Crippen molar-refractivity contribution in [2.75, 3.05) is 24.3 Å². The van der Waals surface area contributed by atoms with E-state index in [0.717, 1.165) is 5.56 Å². The van der Waals surface area contributed by atoms with E-state index in [-0.39, 0.29) is 18.1 Å². The van der Waals surface area contributed by atoms with Crippen LogP contribution in [0.1, 0.15) is 15.9 Å². The average molecular weight is 316 g/mol. The molecule has 0 radical (unpaired) electrons. The summed E-state index contributed by atoms with van der Waals surface area (Å²) >= 11 is 0. The number of esters is 1. The third-order valence-electron chi connectivity index (χ3n) is 3.25. The van der Waals surface area contributed by atoms with Crippen LogP contribution in [-0.4, -0.2) is 25.5 Å².